The van der Waals surface area contributed by atoms with Crippen LogP contribution in [0.2, 0.25) is 0 Å². The summed E-state index contributed by atoms with van der Waals surface area (Å²) < 4.78 is 6.65. The van der Waals surface area contributed by atoms with E-state index < -0.39 is 0 Å². The number of rotatable bonds is 8. The van der Waals surface area contributed by atoms with Gasteiger partial charge in [-0.15, -0.1) is 0 Å². The predicted molar refractivity (Wildman–Crippen MR) is 155 cm³/mol. The van der Waals surface area contributed by atoms with E-state index in [0.29, 0.717) is 11.3 Å². The lowest BCUT2D eigenvalue weighted by Gasteiger charge is -2.23. The molecule has 5 rings (SSSR count). The van der Waals surface area contributed by atoms with Gasteiger partial charge in [-0.25, -0.2) is 0 Å². The van der Waals surface area contributed by atoms with E-state index in [0.717, 1.165) is 28.0 Å². The van der Waals surface area contributed by atoms with Gasteiger partial charge in [0.05, 0.1) is 0 Å². The van der Waals surface area contributed by atoms with Crippen LogP contribution in [0.4, 0.5) is 0 Å². The van der Waals surface area contributed by atoms with Crippen molar-refractivity contribution in [3.63, 3.8) is 0 Å². The van der Waals surface area contributed by atoms with Crippen LogP contribution in [0.15, 0.2) is 127 Å². The Balaban J connectivity index is 1.60. The summed E-state index contributed by atoms with van der Waals surface area (Å²) in [5.41, 5.74) is 6.00. The van der Waals surface area contributed by atoms with Gasteiger partial charge in [0.25, 0.3) is 0 Å². The SMILES string of the molecule is CC(c1ccccc1)c1ccccc1Oc1ccc(C(C)c2ccccc2)c([O])c1C(C)c1ccccc1. The normalized spacial score (nSPS) is 13.4. The Labute approximate surface area is 226 Å². The number of benzene rings is 5. The first-order valence-electron chi connectivity index (χ1n) is 13.3. The Morgan fingerprint density at radius 3 is 1.45 bits per heavy atom. The van der Waals surface area contributed by atoms with Crippen molar-refractivity contribution in [3.8, 4) is 17.2 Å². The van der Waals surface area contributed by atoms with Crippen molar-refractivity contribution in [3.05, 3.63) is 161 Å². The average molecular weight is 498 g/mol. The van der Waals surface area contributed by atoms with Crippen LogP contribution in [0.5, 0.6) is 17.2 Å². The minimum atomic E-state index is -0.125. The average Bonchev–Trinajstić information content (AvgIpc) is 2.98. The second-order valence-corrected chi connectivity index (χ2v) is 9.93. The maximum Gasteiger partial charge on any atom is 0.189 e. The van der Waals surface area contributed by atoms with E-state index >= 15 is 0 Å². The Morgan fingerprint density at radius 2 is 0.895 bits per heavy atom. The van der Waals surface area contributed by atoms with E-state index in [-0.39, 0.29) is 23.5 Å². The van der Waals surface area contributed by atoms with E-state index in [1.165, 1.54) is 5.56 Å². The van der Waals surface area contributed by atoms with E-state index in [4.69, 9.17) is 4.74 Å². The van der Waals surface area contributed by atoms with Crippen LogP contribution >= 0.6 is 0 Å². The molecule has 2 heteroatoms. The maximum absolute atomic E-state index is 14.2. The van der Waals surface area contributed by atoms with Gasteiger partial charge in [-0.1, -0.05) is 136 Å². The first-order valence-corrected chi connectivity index (χ1v) is 13.3. The highest BCUT2D eigenvalue weighted by Gasteiger charge is 2.26. The molecule has 3 atom stereocenters. The first-order chi connectivity index (χ1) is 18.5. The van der Waals surface area contributed by atoms with Gasteiger partial charge >= 0.3 is 0 Å². The molecule has 38 heavy (non-hydrogen) atoms. The predicted octanol–water partition coefficient (Wildman–Crippen LogP) is 10.1. The monoisotopic (exact) mass is 497 g/mol. The van der Waals surface area contributed by atoms with Crippen LogP contribution < -0.4 is 4.74 Å². The van der Waals surface area contributed by atoms with Gasteiger partial charge in [0.2, 0.25) is 0 Å². The summed E-state index contributed by atoms with van der Waals surface area (Å²) in [4.78, 5) is 0. The lowest BCUT2D eigenvalue weighted by atomic mass is 9.85. The number of hydrogen-bond donors (Lipinski definition) is 0. The van der Waals surface area contributed by atoms with Crippen molar-refractivity contribution in [2.24, 2.45) is 0 Å². The summed E-state index contributed by atoms with van der Waals surface area (Å²) in [6.07, 6.45) is 0. The van der Waals surface area contributed by atoms with Crippen LogP contribution in [0.1, 0.15) is 71.9 Å². The molecular weight excluding hydrogens is 464 g/mol. The van der Waals surface area contributed by atoms with Crippen molar-refractivity contribution >= 4 is 0 Å². The molecule has 0 N–H and O–H groups in total. The van der Waals surface area contributed by atoms with Gasteiger partial charge in [-0.05, 0) is 28.8 Å². The zero-order valence-corrected chi connectivity index (χ0v) is 22.2. The fourth-order valence-corrected chi connectivity index (χ4v) is 5.24. The Hall–Kier alpha value is -4.30. The number of para-hydroxylation sites is 1. The highest BCUT2D eigenvalue weighted by atomic mass is 16.5. The molecule has 5 aromatic carbocycles. The van der Waals surface area contributed by atoms with Crippen molar-refractivity contribution in [2.75, 3.05) is 0 Å². The quantitative estimate of drug-likeness (QED) is 0.210. The fourth-order valence-electron chi connectivity index (χ4n) is 5.24. The minimum absolute atomic E-state index is 0.0233. The van der Waals surface area contributed by atoms with Gasteiger partial charge in [0, 0.05) is 34.4 Å². The molecule has 0 fully saturated rings. The molecule has 0 saturated carbocycles. The second kappa shape index (κ2) is 11.4. The zero-order valence-electron chi connectivity index (χ0n) is 22.2. The van der Waals surface area contributed by atoms with Crippen LogP contribution in [0.25, 0.3) is 0 Å². The Bertz CT molecular complexity index is 1480. The molecule has 0 saturated heterocycles. The molecule has 0 bridgehead atoms. The van der Waals surface area contributed by atoms with Crippen molar-refractivity contribution in [2.45, 2.75) is 38.5 Å². The molecule has 0 aromatic heterocycles. The fraction of sp³-hybridized carbons (Fsp3) is 0.167. The smallest absolute Gasteiger partial charge is 0.189 e. The van der Waals surface area contributed by atoms with Gasteiger partial charge in [-0.2, -0.15) is 0 Å². The maximum atomic E-state index is 14.2. The summed E-state index contributed by atoms with van der Waals surface area (Å²) in [5.74, 6) is 1.43. The molecule has 2 nitrogen and oxygen atoms in total. The molecule has 0 spiro atoms. The van der Waals surface area contributed by atoms with Gasteiger partial charge in [0.1, 0.15) is 11.5 Å². The number of hydrogen-bond acceptors (Lipinski definition) is 1. The summed E-state index contributed by atoms with van der Waals surface area (Å²) in [6, 6.07) is 42.9. The largest absolute Gasteiger partial charge is 0.457 e. The van der Waals surface area contributed by atoms with Crippen molar-refractivity contribution in [1.29, 1.82) is 0 Å². The van der Waals surface area contributed by atoms with E-state index in [1.807, 2.05) is 72.8 Å². The molecule has 3 unspecified atom stereocenters. The standard InChI is InChI=1S/C36H33O2/c1-25(28-15-7-4-8-16-28)31-21-13-14-22-33(31)38-34-24-23-32(26(2)29-17-9-5-10-18-29)36(37)35(34)27(3)30-19-11-6-12-20-30/h4-27H,1-3H3. The summed E-state index contributed by atoms with van der Waals surface area (Å²) >= 11 is 0. The topological polar surface area (TPSA) is 29.1 Å². The lowest BCUT2D eigenvalue weighted by Crippen LogP contribution is -2.05. The molecule has 1 radical (unpaired) electrons. The van der Waals surface area contributed by atoms with Crippen LogP contribution in [-0.4, -0.2) is 0 Å². The summed E-state index contributed by atoms with van der Waals surface area (Å²) in [7, 11) is 0. The molecule has 5 aromatic rings. The molecule has 0 amide bonds. The first kappa shape index (κ1) is 25.4. The third-order valence-corrected chi connectivity index (χ3v) is 7.59. The lowest BCUT2D eigenvalue weighted by molar-refractivity contribution is 0.338. The Morgan fingerprint density at radius 1 is 0.447 bits per heavy atom. The third kappa shape index (κ3) is 5.21. The Kier molecular flexibility index (Phi) is 7.60. The van der Waals surface area contributed by atoms with E-state index in [2.05, 4.69) is 75.4 Å². The van der Waals surface area contributed by atoms with Crippen molar-refractivity contribution in [1.82, 2.24) is 0 Å². The van der Waals surface area contributed by atoms with Crippen molar-refractivity contribution < 1.29 is 9.84 Å². The highest BCUT2D eigenvalue weighted by Crippen LogP contribution is 2.46. The molecule has 189 valence electrons. The summed E-state index contributed by atoms with van der Waals surface area (Å²) in [6.45, 7) is 6.38. The minimum Gasteiger partial charge on any atom is -0.457 e. The van der Waals surface area contributed by atoms with E-state index in [9.17, 15) is 5.11 Å². The van der Waals surface area contributed by atoms with E-state index in [1.54, 1.807) is 0 Å². The molecule has 0 aliphatic heterocycles. The van der Waals surface area contributed by atoms with Crippen LogP contribution in [0.3, 0.4) is 0 Å². The zero-order chi connectivity index (χ0) is 26.5. The van der Waals surface area contributed by atoms with Gasteiger partial charge < -0.3 is 4.74 Å². The highest BCUT2D eigenvalue weighted by molar-refractivity contribution is 5.57. The van der Waals surface area contributed by atoms with Crippen LogP contribution in [-0.2, 0) is 5.11 Å². The van der Waals surface area contributed by atoms with Gasteiger partial charge in [0.15, 0.2) is 5.75 Å². The number of ether oxygens (including phenoxy) is 1. The van der Waals surface area contributed by atoms with Gasteiger partial charge in [-0.3, -0.25) is 5.11 Å². The molecule has 0 aliphatic rings. The molecule has 0 heterocycles. The molecule has 0 aliphatic carbocycles. The molecular formula is C36H33O2. The van der Waals surface area contributed by atoms with Crippen LogP contribution in [0, 0.1) is 0 Å². The summed E-state index contributed by atoms with van der Waals surface area (Å²) in [5, 5.41) is 14.2. The second-order valence-electron chi connectivity index (χ2n) is 9.93. The third-order valence-electron chi connectivity index (χ3n) is 7.59.